The van der Waals surface area contributed by atoms with Crippen molar-refractivity contribution < 1.29 is 8.85 Å². The first-order chi connectivity index (χ1) is 11.5. The van der Waals surface area contributed by atoms with E-state index in [0.29, 0.717) is 0 Å². The van der Waals surface area contributed by atoms with Crippen molar-refractivity contribution in [1.82, 2.24) is 4.90 Å². The van der Waals surface area contributed by atoms with Crippen molar-refractivity contribution in [3.8, 4) is 0 Å². The quantitative estimate of drug-likeness (QED) is 0.408. The lowest BCUT2D eigenvalue weighted by Gasteiger charge is -2.43. The third kappa shape index (κ3) is 6.55. The third-order valence-corrected chi connectivity index (χ3v) is 15.9. The molecule has 2 atom stereocenters. The number of hydrogen-bond acceptors (Lipinski definition) is 3. The van der Waals surface area contributed by atoms with Crippen LogP contribution in [0.4, 0.5) is 0 Å². The molecule has 1 saturated heterocycles. The second-order valence-corrected chi connectivity index (χ2v) is 21.5. The molecule has 1 aliphatic rings. The van der Waals surface area contributed by atoms with E-state index in [0.717, 1.165) is 30.5 Å². The summed E-state index contributed by atoms with van der Waals surface area (Å²) in [7, 11) is -3.65. The Bertz CT molecular complexity index is 459. The number of hydrogen-bond donors (Lipinski definition) is 0. The molecule has 154 valence electrons. The van der Waals surface area contributed by atoms with Crippen LogP contribution in [0.25, 0.3) is 0 Å². The lowest BCUT2D eigenvalue weighted by atomic mass is 10.2. The van der Waals surface area contributed by atoms with Gasteiger partial charge in [-0.2, -0.15) is 0 Å². The maximum atomic E-state index is 6.83. The van der Waals surface area contributed by atoms with E-state index in [2.05, 4.69) is 95.1 Å². The molecule has 26 heavy (non-hydrogen) atoms. The molecule has 1 aliphatic heterocycles. The van der Waals surface area contributed by atoms with Crippen molar-refractivity contribution in [2.24, 2.45) is 0 Å². The van der Waals surface area contributed by atoms with Gasteiger partial charge in [-0.3, -0.25) is 4.90 Å². The molecule has 0 aromatic rings. The second-order valence-electron chi connectivity index (χ2n) is 10.9. The fourth-order valence-corrected chi connectivity index (χ4v) is 5.47. The zero-order valence-corrected chi connectivity index (χ0v) is 22.4. The van der Waals surface area contributed by atoms with Gasteiger partial charge in [-0.25, -0.2) is 0 Å². The van der Waals surface area contributed by atoms with E-state index in [4.69, 9.17) is 8.85 Å². The lowest BCUT2D eigenvalue weighted by molar-refractivity contribution is 0.0713. The molecule has 1 heterocycles. The highest BCUT2D eigenvalue weighted by Gasteiger charge is 2.47. The maximum Gasteiger partial charge on any atom is 0.192 e. The number of halogens is 1. The van der Waals surface area contributed by atoms with Crippen LogP contribution < -0.4 is 0 Å². The van der Waals surface area contributed by atoms with Gasteiger partial charge in [-0.15, -0.1) is 0 Å². The SMILES string of the molecule is C=C(Br)CCN1C[C@H](O[Si](C)(C)C(C)(C)C)[C@@H](O[Si](C)(C)C(C)(C)C)C1. The average Bonchev–Trinajstić information content (AvgIpc) is 2.74. The van der Waals surface area contributed by atoms with Gasteiger partial charge in [0.25, 0.3) is 0 Å². The van der Waals surface area contributed by atoms with Crippen LogP contribution in [0, 0.1) is 0 Å². The van der Waals surface area contributed by atoms with E-state index < -0.39 is 16.6 Å². The Hall–Kier alpha value is 0.534. The summed E-state index contributed by atoms with van der Waals surface area (Å²) < 4.78 is 14.7. The van der Waals surface area contributed by atoms with E-state index >= 15 is 0 Å². The molecule has 0 bridgehead atoms. The van der Waals surface area contributed by atoms with Crippen LogP contribution in [0.3, 0.4) is 0 Å². The summed E-state index contributed by atoms with van der Waals surface area (Å²) in [5.41, 5.74) is 0. The minimum atomic E-state index is -1.83. The van der Waals surface area contributed by atoms with Gasteiger partial charge in [0.2, 0.25) is 0 Å². The zero-order chi connectivity index (χ0) is 20.6. The van der Waals surface area contributed by atoms with Crippen molar-refractivity contribution in [2.45, 2.75) is 96.4 Å². The molecule has 0 aromatic carbocycles. The van der Waals surface area contributed by atoms with Crippen molar-refractivity contribution in [1.29, 1.82) is 0 Å². The monoisotopic (exact) mass is 463 g/mol. The van der Waals surface area contributed by atoms with Gasteiger partial charge < -0.3 is 8.85 Å². The molecule has 3 nitrogen and oxygen atoms in total. The zero-order valence-electron chi connectivity index (χ0n) is 18.8. The molecular weight excluding hydrogens is 422 g/mol. The van der Waals surface area contributed by atoms with E-state index in [-0.39, 0.29) is 22.3 Å². The van der Waals surface area contributed by atoms with Gasteiger partial charge in [0.1, 0.15) is 0 Å². The molecule has 0 radical (unpaired) electrons. The van der Waals surface area contributed by atoms with Crippen molar-refractivity contribution in [2.75, 3.05) is 19.6 Å². The standard InChI is InChI=1S/C20H42BrNO2Si2/c1-16(21)12-13-22-14-17(23-25(8,9)19(2,3)4)18(15-22)24-26(10,11)20(5,6)7/h17-18H,1,12-15H2,2-11H3/t17-,18-/m0/s1. The predicted octanol–water partition coefficient (Wildman–Crippen LogP) is 6.38. The van der Waals surface area contributed by atoms with E-state index in [1.165, 1.54) is 0 Å². The Balaban J connectivity index is 2.96. The van der Waals surface area contributed by atoms with Crippen LogP contribution in [0.1, 0.15) is 48.0 Å². The first-order valence-electron chi connectivity index (χ1n) is 9.87. The molecule has 0 aromatic heterocycles. The molecule has 1 rings (SSSR count). The fraction of sp³-hybridized carbons (Fsp3) is 0.900. The number of rotatable bonds is 7. The summed E-state index contributed by atoms with van der Waals surface area (Å²) in [6.07, 6.45) is 1.32. The maximum absolute atomic E-state index is 6.83. The Morgan fingerprint density at radius 2 is 1.27 bits per heavy atom. The van der Waals surface area contributed by atoms with Gasteiger partial charge in [0, 0.05) is 19.6 Å². The summed E-state index contributed by atoms with van der Waals surface area (Å²) in [6, 6.07) is 0. The largest absolute Gasteiger partial charge is 0.410 e. The first-order valence-corrected chi connectivity index (χ1v) is 16.5. The normalized spacial score (nSPS) is 23.5. The number of nitrogens with zero attached hydrogens (tertiary/aromatic N) is 1. The van der Waals surface area contributed by atoms with Gasteiger partial charge in [-0.05, 0) is 47.2 Å². The van der Waals surface area contributed by atoms with E-state index in [9.17, 15) is 0 Å². The number of likely N-dealkylation sites (tertiary alicyclic amines) is 1. The molecule has 0 amide bonds. The molecule has 0 spiro atoms. The van der Waals surface area contributed by atoms with Crippen LogP contribution in [0.15, 0.2) is 11.1 Å². The molecule has 0 aliphatic carbocycles. The molecule has 0 N–H and O–H groups in total. The first kappa shape index (κ1) is 24.6. The predicted molar refractivity (Wildman–Crippen MR) is 123 cm³/mol. The van der Waals surface area contributed by atoms with Crippen molar-refractivity contribution >= 4 is 32.6 Å². The highest BCUT2D eigenvalue weighted by atomic mass is 79.9. The molecule has 0 unspecified atom stereocenters. The van der Waals surface area contributed by atoms with Gasteiger partial charge in [0.15, 0.2) is 16.6 Å². The fourth-order valence-electron chi connectivity index (χ4n) is 2.62. The molecule has 0 saturated carbocycles. The minimum Gasteiger partial charge on any atom is -0.410 e. The van der Waals surface area contributed by atoms with E-state index in [1.807, 2.05) is 0 Å². The van der Waals surface area contributed by atoms with Gasteiger partial charge in [-0.1, -0.05) is 64.1 Å². The Morgan fingerprint density at radius 3 is 1.54 bits per heavy atom. The van der Waals surface area contributed by atoms with Gasteiger partial charge in [0.05, 0.1) is 12.2 Å². The van der Waals surface area contributed by atoms with Crippen LogP contribution in [0.2, 0.25) is 36.3 Å². The highest BCUT2D eigenvalue weighted by molar-refractivity contribution is 9.11. The Labute approximate surface area is 173 Å². The molecule has 6 heteroatoms. The highest BCUT2D eigenvalue weighted by Crippen LogP contribution is 2.41. The summed E-state index contributed by atoms with van der Waals surface area (Å²) in [5.74, 6) is 0. The third-order valence-electron chi connectivity index (χ3n) is 6.49. The van der Waals surface area contributed by atoms with Gasteiger partial charge >= 0.3 is 0 Å². The van der Waals surface area contributed by atoms with Crippen LogP contribution in [-0.4, -0.2) is 53.4 Å². The smallest absolute Gasteiger partial charge is 0.192 e. The Morgan fingerprint density at radius 1 is 0.923 bits per heavy atom. The average molecular weight is 465 g/mol. The Kier molecular flexibility index (Phi) is 8.03. The molecular formula is C20H42BrNO2Si2. The minimum absolute atomic E-state index is 0.175. The topological polar surface area (TPSA) is 21.7 Å². The summed E-state index contributed by atoms with van der Waals surface area (Å²) in [5, 5.41) is 0.429. The van der Waals surface area contributed by atoms with Crippen LogP contribution in [-0.2, 0) is 8.85 Å². The van der Waals surface area contributed by atoms with E-state index in [1.54, 1.807) is 0 Å². The molecule has 1 fully saturated rings. The van der Waals surface area contributed by atoms with Crippen molar-refractivity contribution in [3.63, 3.8) is 0 Å². The summed E-state index contributed by atoms with van der Waals surface area (Å²) in [6.45, 7) is 30.2. The van der Waals surface area contributed by atoms with Crippen LogP contribution >= 0.6 is 15.9 Å². The van der Waals surface area contributed by atoms with Crippen LogP contribution in [0.5, 0.6) is 0 Å². The summed E-state index contributed by atoms with van der Waals surface area (Å²) in [4.78, 5) is 2.49. The lowest BCUT2D eigenvalue weighted by Crippen LogP contribution is -2.51. The van der Waals surface area contributed by atoms with Crippen molar-refractivity contribution in [3.05, 3.63) is 11.1 Å². The summed E-state index contributed by atoms with van der Waals surface area (Å²) >= 11 is 3.49. The second kappa shape index (κ2) is 8.50.